The van der Waals surface area contributed by atoms with Crippen LogP contribution in [0.5, 0.6) is 17.4 Å². The van der Waals surface area contributed by atoms with E-state index in [1.54, 1.807) is 19.5 Å². The summed E-state index contributed by atoms with van der Waals surface area (Å²) in [5.41, 5.74) is 0.812. The first-order chi connectivity index (χ1) is 12.2. The largest absolute Gasteiger partial charge is 0.497 e. The highest BCUT2D eigenvalue weighted by Crippen LogP contribution is 2.33. The van der Waals surface area contributed by atoms with Gasteiger partial charge in [-0.05, 0) is 37.1 Å². The van der Waals surface area contributed by atoms with E-state index in [4.69, 9.17) is 9.47 Å². The van der Waals surface area contributed by atoms with Gasteiger partial charge in [-0.25, -0.2) is 4.98 Å². The lowest BCUT2D eigenvalue weighted by Crippen LogP contribution is -2.39. The maximum absolute atomic E-state index is 12.0. The van der Waals surface area contributed by atoms with Gasteiger partial charge in [-0.2, -0.15) is 0 Å². The van der Waals surface area contributed by atoms with Crippen molar-refractivity contribution in [2.45, 2.75) is 32.1 Å². The first kappa shape index (κ1) is 17.2. The number of nitrogens with zero attached hydrogens (tertiary/aromatic N) is 3. The van der Waals surface area contributed by atoms with Crippen LogP contribution < -0.4 is 9.47 Å². The molecule has 0 bridgehead atoms. The van der Waals surface area contributed by atoms with E-state index in [9.17, 15) is 4.79 Å². The van der Waals surface area contributed by atoms with Crippen LogP contribution in [0.25, 0.3) is 0 Å². The van der Waals surface area contributed by atoms with Crippen LogP contribution in [-0.2, 0) is 4.79 Å². The second-order valence-electron chi connectivity index (χ2n) is 6.06. The number of carbonyl (C=O) groups excluding carboxylic acids is 1. The Balaban J connectivity index is 1.79. The Morgan fingerprint density at radius 2 is 1.92 bits per heavy atom. The van der Waals surface area contributed by atoms with Gasteiger partial charge in [0.1, 0.15) is 17.2 Å². The molecule has 132 valence electrons. The number of likely N-dealkylation sites (tertiary alicyclic amines) is 1. The molecule has 1 fully saturated rings. The number of hydrogen-bond donors (Lipinski definition) is 0. The SMILES string of the molecule is CCC(=O)N1CCCC(c2nccnc2Oc2ccc(OC)cc2)C1. The molecule has 0 radical (unpaired) electrons. The molecule has 3 rings (SSSR count). The summed E-state index contributed by atoms with van der Waals surface area (Å²) >= 11 is 0. The van der Waals surface area contributed by atoms with Crippen molar-refractivity contribution < 1.29 is 14.3 Å². The third-order valence-corrected chi connectivity index (χ3v) is 4.43. The molecule has 6 heteroatoms. The van der Waals surface area contributed by atoms with Crippen LogP contribution in [0.4, 0.5) is 0 Å². The molecule has 1 aromatic carbocycles. The molecule has 0 aliphatic carbocycles. The summed E-state index contributed by atoms with van der Waals surface area (Å²) in [6.07, 6.45) is 5.78. The van der Waals surface area contributed by atoms with E-state index in [0.717, 1.165) is 30.8 Å². The van der Waals surface area contributed by atoms with Crippen molar-refractivity contribution >= 4 is 5.91 Å². The summed E-state index contributed by atoms with van der Waals surface area (Å²) in [5, 5.41) is 0. The molecule has 1 aliphatic rings. The first-order valence-corrected chi connectivity index (χ1v) is 8.61. The summed E-state index contributed by atoms with van der Waals surface area (Å²) in [7, 11) is 1.63. The number of aromatic nitrogens is 2. The molecule has 0 saturated carbocycles. The normalized spacial score (nSPS) is 17.2. The van der Waals surface area contributed by atoms with Crippen molar-refractivity contribution in [1.29, 1.82) is 0 Å². The number of carbonyl (C=O) groups is 1. The molecule has 1 aliphatic heterocycles. The van der Waals surface area contributed by atoms with Crippen molar-refractivity contribution in [2.75, 3.05) is 20.2 Å². The van der Waals surface area contributed by atoms with Crippen molar-refractivity contribution in [3.63, 3.8) is 0 Å². The number of hydrogen-bond acceptors (Lipinski definition) is 5. The Morgan fingerprint density at radius 3 is 2.64 bits per heavy atom. The zero-order chi connectivity index (χ0) is 17.6. The maximum Gasteiger partial charge on any atom is 0.241 e. The van der Waals surface area contributed by atoms with Gasteiger partial charge in [-0.15, -0.1) is 0 Å². The Kier molecular flexibility index (Phi) is 5.48. The Labute approximate surface area is 147 Å². The second-order valence-corrected chi connectivity index (χ2v) is 6.06. The van der Waals surface area contributed by atoms with Crippen molar-refractivity contribution in [3.05, 3.63) is 42.4 Å². The summed E-state index contributed by atoms with van der Waals surface area (Å²) in [6, 6.07) is 7.36. The standard InChI is InChI=1S/C19H23N3O3/c1-3-17(23)22-12-4-5-14(13-22)18-19(21-11-10-20-18)25-16-8-6-15(24-2)7-9-16/h6-11,14H,3-5,12-13H2,1-2H3. The lowest BCUT2D eigenvalue weighted by atomic mass is 9.94. The fourth-order valence-corrected chi connectivity index (χ4v) is 3.10. The van der Waals surface area contributed by atoms with Gasteiger partial charge < -0.3 is 14.4 Å². The summed E-state index contributed by atoms with van der Waals surface area (Å²) in [4.78, 5) is 22.8. The quantitative estimate of drug-likeness (QED) is 0.834. The minimum absolute atomic E-state index is 0.145. The average Bonchev–Trinajstić information content (AvgIpc) is 2.68. The smallest absolute Gasteiger partial charge is 0.241 e. The van der Waals surface area contributed by atoms with Gasteiger partial charge in [-0.3, -0.25) is 9.78 Å². The number of rotatable bonds is 5. The predicted octanol–water partition coefficient (Wildman–Crippen LogP) is 3.39. The van der Waals surface area contributed by atoms with Gasteiger partial charge >= 0.3 is 0 Å². The van der Waals surface area contributed by atoms with E-state index in [1.807, 2.05) is 36.1 Å². The highest BCUT2D eigenvalue weighted by molar-refractivity contribution is 5.76. The van der Waals surface area contributed by atoms with Crippen molar-refractivity contribution in [3.8, 4) is 17.4 Å². The zero-order valence-electron chi connectivity index (χ0n) is 14.6. The number of benzene rings is 1. The van der Waals surface area contributed by atoms with Gasteiger partial charge in [0.25, 0.3) is 0 Å². The molecule has 1 aromatic heterocycles. The van der Waals surface area contributed by atoms with Gasteiger partial charge in [-0.1, -0.05) is 6.92 Å². The Bertz CT molecular complexity index is 718. The number of methoxy groups -OCH3 is 1. The van der Waals surface area contributed by atoms with E-state index >= 15 is 0 Å². The van der Waals surface area contributed by atoms with Crippen LogP contribution in [0.1, 0.15) is 37.8 Å². The summed E-state index contributed by atoms with van der Waals surface area (Å²) < 4.78 is 11.1. The zero-order valence-corrected chi connectivity index (χ0v) is 14.6. The van der Waals surface area contributed by atoms with E-state index in [-0.39, 0.29) is 11.8 Å². The van der Waals surface area contributed by atoms with Crippen LogP contribution in [0.3, 0.4) is 0 Å². The predicted molar refractivity (Wildman–Crippen MR) is 93.9 cm³/mol. The fourth-order valence-electron chi connectivity index (χ4n) is 3.10. The molecule has 1 atom stereocenters. The molecule has 0 N–H and O–H groups in total. The molecule has 6 nitrogen and oxygen atoms in total. The molecule has 2 heterocycles. The Hall–Kier alpha value is -2.63. The minimum atomic E-state index is 0.145. The lowest BCUT2D eigenvalue weighted by Gasteiger charge is -2.32. The van der Waals surface area contributed by atoms with Gasteiger partial charge in [0.15, 0.2) is 0 Å². The molecule has 0 spiro atoms. The monoisotopic (exact) mass is 341 g/mol. The fraction of sp³-hybridized carbons (Fsp3) is 0.421. The Morgan fingerprint density at radius 1 is 1.20 bits per heavy atom. The summed E-state index contributed by atoms with van der Waals surface area (Å²) in [5.74, 6) is 2.29. The molecule has 25 heavy (non-hydrogen) atoms. The number of ether oxygens (including phenoxy) is 2. The lowest BCUT2D eigenvalue weighted by molar-refractivity contribution is -0.132. The highest BCUT2D eigenvalue weighted by Gasteiger charge is 2.27. The molecule has 1 unspecified atom stereocenters. The van der Waals surface area contributed by atoms with Crippen LogP contribution >= 0.6 is 0 Å². The van der Waals surface area contributed by atoms with E-state index < -0.39 is 0 Å². The average molecular weight is 341 g/mol. The van der Waals surface area contributed by atoms with Gasteiger partial charge in [0.05, 0.1) is 7.11 Å². The van der Waals surface area contributed by atoms with Crippen LogP contribution in [0.15, 0.2) is 36.7 Å². The summed E-state index contributed by atoms with van der Waals surface area (Å²) in [6.45, 7) is 3.38. The van der Waals surface area contributed by atoms with Crippen LogP contribution in [-0.4, -0.2) is 41.0 Å². The van der Waals surface area contributed by atoms with Crippen molar-refractivity contribution in [1.82, 2.24) is 14.9 Å². The third-order valence-electron chi connectivity index (χ3n) is 4.43. The second kappa shape index (κ2) is 7.96. The topological polar surface area (TPSA) is 64.6 Å². The van der Waals surface area contributed by atoms with Crippen LogP contribution in [0, 0.1) is 0 Å². The molecular formula is C19H23N3O3. The minimum Gasteiger partial charge on any atom is -0.497 e. The van der Waals surface area contributed by atoms with Crippen LogP contribution in [0.2, 0.25) is 0 Å². The van der Waals surface area contributed by atoms with Gasteiger partial charge in [0.2, 0.25) is 11.8 Å². The van der Waals surface area contributed by atoms with E-state index in [1.165, 1.54) is 0 Å². The third kappa shape index (κ3) is 4.07. The molecule has 1 saturated heterocycles. The maximum atomic E-state index is 12.0. The highest BCUT2D eigenvalue weighted by atomic mass is 16.5. The molecule has 1 amide bonds. The van der Waals surface area contributed by atoms with E-state index in [0.29, 0.717) is 24.6 Å². The molecule has 2 aromatic rings. The van der Waals surface area contributed by atoms with Crippen molar-refractivity contribution in [2.24, 2.45) is 0 Å². The number of piperidine rings is 1. The molecular weight excluding hydrogens is 318 g/mol. The number of amides is 1. The van der Waals surface area contributed by atoms with Gasteiger partial charge in [0, 0.05) is 37.8 Å². The first-order valence-electron chi connectivity index (χ1n) is 8.61. The van der Waals surface area contributed by atoms with E-state index in [2.05, 4.69) is 9.97 Å².